The molecule has 0 radical (unpaired) electrons. The van der Waals surface area contributed by atoms with Crippen LogP contribution in [0.2, 0.25) is 0 Å². The van der Waals surface area contributed by atoms with Gasteiger partial charge in [-0.3, -0.25) is 14.9 Å². The van der Waals surface area contributed by atoms with E-state index in [4.69, 9.17) is 9.47 Å². The first-order valence-corrected chi connectivity index (χ1v) is 11.5. The van der Waals surface area contributed by atoms with Crippen LogP contribution >= 0.6 is 0 Å². The molecule has 1 amide bonds. The van der Waals surface area contributed by atoms with E-state index in [2.05, 4.69) is 5.32 Å². The van der Waals surface area contributed by atoms with Gasteiger partial charge in [0.05, 0.1) is 19.3 Å². The highest BCUT2D eigenvalue weighted by Crippen LogP contribution is 2.43. The second-order valence-electron chi connectivity index (χ2n) is 8.76. The molecule has 8 nitrogen and oxygen atoms in total. The minimum atomic E-state index is -1.00. The zero-order valence-electron chi connectivity index (χ0n) is 18.9. The zero-order valence-corrected chi connectivity index (χ0v) is 18.9. The maximum Gasteiger partial charge on any atom is 0.327 e. The molecule has 0 aromatic heterocycles. The molecule has 8 heteroatoms. The molecule has 4 atom stereocenters. The molecule has 1 aromatic rings. The molecule has 2 aliphatic rings. The molecule has 1 spiro atoms. The third-order valence-corrected chi connectivity index (χ3v) is 6.57. The van der Waals surface area contributed by atoms with Crippen LogP contribution in [0.1, 0.15) is 45.1 Å². The maximum absolute atomic E-state index is 13.3. The molecule has 2 N–H and O–H groups in total. The fourth-order valence-corrected chi connectivity index (χ4v) is 4.95. The van der Waals surface area contributed by atoms with E-state index in [1.54, 1.807) is 13.8 Å². The number of aryl methyl sites for hydroxylation is 1. The lowest BCUT2D eigenvalue weighted by Crippen LogP contribution is -2.56. The van der Waals surface area contributed by atoms with Gasteiger partial charge in [-0.1, -0.05) is 30.3 Å². The van der Waals surface area contributed by atoms with Crippen molar-refractivity contribution >= 4 is 17.8 Å². The number of carbonyl (C=O) groups excluding carboxylic acids is 2. The minimum absolute atomic E-state index is 0.250. The Balaban J connectivity index is 1.69. The number of likely N-dealkylation sites (tertiary alicyclic amines) is 1. The van der Waals surface area contributed by atoms with Crippen LogP contribution in [0.25, 0.3) is 0 Å². The molecule has 0 aliphatic carbocycles. The first kappa shape index (κ1) is 24.2. The summed E-state index contributed by atoms with van der Waals surface area (Å²) < 4.78 is 10.8. The zero-order chi connectivity index (χ0) is 23.1. The Bertz CT molecular complexity index is 793. The molecule has 32 heavy (non-hydrogen) atoms. The number of benzene rings is 1. The molecular formula is C24H34N2O6. The summed E-state index contributed by atoms with van der Waals surface area (Å²) in [6, 6.07) is 7.51. The van der Waals surface area contributed by atoms with Gasteiger partial charge in [-0.25, -0.2) is 4.79 Å². The summed E-state index contributed by atoms with van der Waals surface area (Å²) in [5.74, 6) is -1.72. The number of rotatable bonds is 9. The van der Waals surface area contributed by atoms with Gasteiger partial charge in [0.1, 0.15) is 12.1 Å². The smallest absolute Gasteiger partial charge is 0.327 e. The predicted octanol–water partition coefficient (Wildman–Crippen LogP) is 2.01. The number of hydrogen-bond donors (Lipinski definition) is 2. The van der Waals surface area contributed by atoms with E-state index < -0.39 is 35.5 Å². The van der Waals surface area contributed by atoms with E-state index in [0.29, 0.717) is 39.0 Å². The summed E-state index contributed by atoms with van der Waals surface area (Å²) >= 11 is 0. The molecule has 2 heterocycles. The Morgan fingerprint density at radius 1 is 1.28 bits per heavy atom. The second-order valence-corrected chi connectivity index (χ2v) is 8.76. The van der Waals surface area contributed by atoms with Crippen LogP contribution in [0, 0.1) is 5.41 Å². The molecule has 1 aromatic carbocycles. The SMILES string of the molecule is CCOC(=O)[C@H](CCc1ccccc1)NC(C)C(=O)N1CCC2(CCCOC2)[C@H]1C(=O)O. The Morgan fingerprint density at radius 3 is 2.66 bits per heavy atom. The lowest BCUT2D eigenvalue weighted by Gasteiger charge is -2.38. The summed E-state index contributed by atoms with van der Waals surface area (Å²) in [6.45, 7) is 5.03. The van der Waals surface area contributed by atoms with E-state index >= 15 is 0 Å². The molecule has 176 valence electrons. The molecule has 0 bridgehead atoms. The standard InChI is InChI=1S/C24H34N2O6/c1-3-32-23(30)19(11-10-18-8-5-4-6-9-18)25-17(2)21(27)26-14-13-24(20(26)22(28)29)12-7-15-31-16-24/h4-6,8-9,17,19-20,25H,3,7,10-16H2,1-2H3,(H,28,29)/t17?,19-,20+,24?/m0/s1. The lowest BCUT2D eigenvalue weighted by atomic mass is 9.76. The average molecular weight is 447 g/mol. The van der Waals surface area contributed by atoms with E-state index in [-0.39, 0.29) is 12.5 Å². The molecule has 2 aliphatic heterocycles. The number of nitrogens with zero attached hydrogens (tertiary/aromatic N) is 1. The minimum Gasteiger partial charge on any atom is -0.480 e. The van der Waals surface area contributed by atoms with Gasteiger partial charge in [0.2, 0.25) is 5.91 Å². The lowest BCUT2D eigenvalue weighted by molar-refractivity contribution is -0.156. The summed E-state index contributed by atoms with van der Waals surface area (Å²) in [7, 11) is 0. The van der Waals surface area contributed by atoms with Crippen LogP contribution in [0.4, 0.5) is 0 Å². The first-order valence-electron chi connectivity index (χ1n) is 11.5. The molecular weight excluding hydrogens is 412 g/mol. The van der Waals surface area contributed by atoms with E-state index in [9.17, 15) is 19.5 Å². The second kappa shape index (κ2) is 10.9. The Morgan fingerprint density at radius 2 is 2.03 bits per heavy atom. The van der Waals surface area contributed by atoms with Crippen LogP contribution in [0.15, 0.2) is 30.3 Å². The van der Waals surface area contributed by atoms with Crippen molar-refractivity contribution in [3.8, 4) is 0 Å². The van der Waals surface area contributed by atoms with Crippen molar-refractivity contribution in [2.75, 3.05) is 26.4 Å². The highest BCUT2D eigenvalue weighted by Gasteiger charge is 2.54. The van der Waals surface area contributed by atoms with Crippen molar-refractivity contribution in [3.05, 3.63) is 35.9 Å². The number of aliphatic carboxylic acids is 1. The quantitative estimate of drug-likeness (QED) is 0.559. The van der Waals surface area contributed by atoms with Crippen LogP contribution in [-0.2, 0) is 30.3 Å². The van der Waals surface area contributed by atoms with Crippen LogP contribution in [0.5, 0.6) is 0 Å². The monoisotopic (exact) mass is 446 g/mol. The van der Waals surface area contributed by atoms with Crippen molar-refractivity contribution in [2.24, 2.45) is 5.41 Å². The molecule has 2 fully saturated rings. The van der Waals surface area contributed by atoms with E-state index in [0.717, 1.165) is 18.4 Å². The van der Waals surface area contributed by atoms with E-state index in [1.165, 1.54) is 4.90 Å². The van der Waals surface area contributed by atoms with Gasteiger partial charge in [0.25, 0.3) is 0 Å². The van der Waals surface area contributed by atoms with Gasteiger partial charge in [0.15, 0.2) is 0 Å². The fourth-order valence-electron chi connectivity index (χ4n) is 4.95. The van der Waals surface area contributed by atoms with Crippen molar-refractivity contribution < 1.29 is 29.0 Å². The number of hydrogen-bond acceptors (Lipinski definition) is 6. The van der Waals surface area contributed by atoms with Crippen LogP contribution < -0.4 is 5.32 Å². The summed E-state index contributed by atoms with van der Waals surface area (Å²) in [5.41, 5.74) is 0.556. The molecule has 3 rings (SSSR count). The van der Waals surface area contributed by atoms with Gasteiger partial charge in [-0.15, -0.1) is 0 Å². The average Bonchev–Trinajstić information content (AvgIpc) is 3.15. The number of ether oxygens (including phenoxy) is 2. The van der Waals surface area contributed by atoms with E-state index in [1.807, 2.05) is 30.3 Å². The highest BCUT2D eigenvalue weighted by molar-refractivity contribution is 5.88. The number of carboxylic acid groups (broad SMARTS) is 1. The van der Waals surface area contributed by atoms with Crippen molar-refractivity contribution in [1.29, 1.82) is 0 Å². The largest absolute Gasteiger partial charge is 0.480 e. The van der Waals surface area contributed by atoms with Gasteiger partial charge < -0.3 is 19.5 Å². The molecule has 0 saturated carbocycles. The molecule has 2 saturated heterocycles. The predicted molar refractivity (Wildman–Crippen MR) is 118 cm³/mol. The number of esters is 1. The van der Waals surface area contributed by atoms with Gasteiger partial charge in [0, 0.05) is 18.6 Å². The summed E-state index contributed by atoms with van der Waals surface area (Å²) in [6.07, 6.45) is 3.26. The van der Waals surface area contributed by atoms with Gasteiger partial charge >= 0.3 is 11.9 Å². The third kappa shape index (κ3) is 5.48. The van der Waals surface area contributed by atoms with Crippen molar-refractivity contribution in [2.45, 2.75) is 64.1 Å². The Hall–Kier alpha value is -2.45. The number of amides is 1. The number of nitrogens with one attached hydrogen (secondary N) is 1. The summed E-state index contributed by atoms with van der Waals surface area (Å²) in [4.78, 5) is 39.4. The number of carbonyl (C=O) groups is 3. The topological polar surface area (TPSA) is 105 Å². The van der Waals surface area contributed by atoms with Gasteiger partial charge in [-0.2, -0.15) is 0 Å². The number of carboxylic acids is 1. The van der Waals surface area contributed by atoms with Crippen LogP contribution in [-0.4, -0.2) is 72.3 Å². The van der Waals surface area contributed by atoms with Crippen molar-refractivity contribution in [1.82, 2.24) is 10.2 Å². The molecule has 2 unspecified atom stereocenters. The summed E-state index contributed by atoms with van der Waals surface area (Å²) in [5, 5.41) is 13.0. The third-order valence-electron chi connectivity index (χ3n) is 6.57. The first-order chi connectivity index (χ1) is 15.4. The van der Waals surface area contributed by atoms with Gasteiger partial charge in [-0.05, 0) is 51.5 Å². The van der Waals surface area contributed by atoms with Crippen molar-refractivity contribution in [3.63, 3.8) is 0 Å². The van der Waals surface area contributed by atoms with Crippen LogP contribution in [0.3, 0.4) is 0 Å². The Kier molecular flexibility index (Phi) is 8.26. The highest BCUT2D eigenvalue weighted by atomic mass is 16.5. The maximum atomic E-state index is 13.3. The Labute approximate surface area is 189 Å². The fraction of sp³-hybridized carbons (Fsp3) is 0.625. The normalized spacial score (nSPS) is 24.8.